The molecule has 0 aromatic heterocycles. The summed E-state index contributed by atoms with van der Waals surface area (Å²) in [4.78, 5) is 26.2. The number of rotatable bonds is 14. The zero-order chi connectivity index (χ0) is 41.6. The highest BCUT2D eigenvalue weighted by Gasteiger charge is 2.53. The number of aliphatic hydroxyl groups excluding tert-OH is 4. The molecule has 0 radical (unpaired) electrons. The van der Waals surface area contributed by atoms with Crippen molar-refractivity contribution in [1.29, 1.82) is 0 Å². The highest BCUT2D eigenvalue weighted by Crippen LogP contribution is 2.38. The fraction of sp³-hybridized carbons (Fsp3) is 0.421. The Balaban J connectivity index is 1.34. The first-order valence-corrected chi connectivity index (χ1v) is 17.5. The lowest BCUT2D eigenvalue weighted by atomic mass is 9.96. The van der Waals surface area contributed by atoms with Gasteiger partial charge in [-0.3, -0.25) is 0 Å². The van der Waals surface area contributed by atoms with E-state index in [0.29, 0.717) is 11.1 Å². The number of aliphatic hydroxyl groups is 4. The van der Waals surface area contributed by atoms with Crippen molar-refractivity contribution in [3.05, 3.63) is 71.3 Å². The van der Waals surface area contributed by atoms with E-state index in [0.717, 1.165) is 6.08 Å². The molecule has 310 valence electrons. The Bertz CT molecular complexity index is 1870. The molecule has 0 bridgehead atoms. The van der Waals surface area contributed by atoms with Crippen LogP contribution < -0.4 is 9.47 Å². The number of phenols is 5. The Labute approximate surface area is 325 Å². The van der Waals surface area contributed by atoms with Crippen LogP contribution >= 0.6 is 0 Å². The highest BCUT2D eigenvalue weighted by molar-refractivity contribution is 5.91. The van der Waals surface area contributed by atoms with Gasteiger partial charge < -0.3 is 83.9 Å². The third-order valence-corrected chi connectivity index (χ3v) is 9.20. The third-order valence-electron chi connectivity index (χ3n) is 9.20. The monoisotopic (exact) mass is 804 g/mol. The van der Waals surface area contributed by atoms with Gasteiger partial charge in [0.2, 0.25) is 5.75 Å². The summed E-state index contributed by atoms with van der Waals surface area (Å²) in [6.07, 6.45) is -13.9. The van der Waals surface area contributed by atoms with Crippen molar-refractivity contribution in [3.8, 4) is 40.2 Å². The molecule has 2 heterocycles. The summed E-state index contributed by atoms with van der Waals surface area (Å²) < 4.78 is 44.6. The summed E-state index contributed by atoms with van der Waals surface area (Å²) in [5, 5.41) is 93.2. The van der Waals surface area contributed by atoms with E-state index in [1.165, 1.54) is 75.8 Å². The molecule has 2 aliphatic rings. The molecule has 0 amide bonds. The largest absolute Gasteiger partial charge is 0.504 e. The summed E-state index contributed by atoms with van der Waals surface area (Å²) in [6.45, 7) is 0.464. The Kier molecular flexibility index (Phi) is 14.0. The van der Waals surface area contributed by atoms with Crippen molar-refractivity contribution in [1.82, 2.24) is 0 Å². The zero-order valence-electron chi connectivity index (χ0n) is 30.8. The van der Waals surface area contributed by atoms with Gasteiger partial charge in [0.1, 0.15) is 30.5 Å². The highest BCUT2D eigenvalue weighted by atomic mass is 16.7. The van der Waals surface area contributed by atoms with Crippen molar-refractivity contribution >= 4 is 18.0 Å². The molecule has 2 saturated heterocycles. The van der Waals surface area contributed by atoms with Gasteiger partial charge in [0.05, 0.1) is 39.1 Å². The van der Waals surface area contributed by atoms with Crippen molar-refractivity contribution in [2.45, 2.75) is 74.8 Å². The van der Waals surface area contributed by atoms with E-state index in [-0.39, 0.29) is 53.1 Å². The van der Waals surface area contributed by atoms with E-state index in [1.54, 1.807) is 0 Å². The number of hydrogen-bond donors (Lipinski definition) is 9. The van der Waals surface area contributed by atoms with Crippen LogP contribution in [0.2, 0.25) is 0 Å². The average Bonchev–Trinajstić information content (AvgIpc) is 3.19. The minimum Gasteiger partial charge on any atom is -0.504 e. The molecule has 3 aromatic carbocycles. The molecular weight excluding hydrogens is 760 g/mol. The van der Waals surface area contributed by atoms with E-state index in [4.69, 9.17) is 37.9 Å². The van der Waals surface area contributed by atoms with Gasteiger partial charge in [-0.15, -0.1) is 0 Å². The molecule has 19 nitrogen and oxygen atoms in total. The van der Waals surface area contributed by atoms with Gasteiger partial charge in [-0.1, -0.05) is 12.1 Å². The maximum absolute atomic E-state index is 13.2. The van der Waals surface area contributed by atoms with Crippen LogP contribution in [-0.2, 0) is 39.6 Å². The Hall–Kier alpha value is -5.38. The van der Waals surface area contributed by atoms with Crippen LogP contribution in [0.15, 0.2) is 54.6 Å². The second-order valence-electron chi connectivity index (χ2n) is 13.0. The summed E-state index contributed by atoms with van der Waals surface area (Å²) >= 11 is 0. The first kappa shape index (κ1) is 42.8. The zero-order valence-corrected chi connectivity index (χ0v) is 30.8. The fourth-order valence-corrected chi connectivity index (χ4v) is 6.11. The summed E-state index contributed by atoms with van der Waals surface area (Å²) in [6, 6.07) is 10.2. The Morgan fingerprint density at radius 3 is 2.00 bits per heavy atom. The molecule has 0 saturated carbocycles. The third kappa shape index (κ3) is 9.96. The molecule has 2 aliphatic heterocycles. The predicted molar refractivity (Wildman–Crippen MR) is 192 cm³/mol. The first-order valence-electron chi connectivity index (χ1n) is 17.5. The van der Waals surface area contributed by atoms with E-state index >= 15 is 0 Å². The van der Waals surface area contributed by atoms with Crippen LogP contribution in [0, 0.1) is 0 Å². The lowest BCUT2D eigenvalue weighted by Crippen LogP contribution is -2.65. The molecule has 9 N–H and O–H groups in total. The second-order valence-corrected chi connectivity index (χ2v) is 13.0. The van der Waals surface area contributed by atoms with E-state index < -0.39 is 85.7 Å². The van der Waals surface area contributed by atoms with Gasteiger partial charge in [-0.05, 0) is 66.9 Å². The molecule has 10 atom stereocenters. The Morgan fingerprint density at radius 1 is 0.737 bits per heavy atom. The first-order chi connectivity index (χ1) is 27.1. The standard InChI is InChI=1S/C38H44O19/c1-17-33(56-36(49)20-14-25(50-2)29(45)26(15-20)51-3)30(46)31(47)38(53-17)57-35-32(48)37(52-11-10-19-5-8-22(41)24(43)13-19)54-27(16-39)34(35)55-28(44)9-6-18-4-7-21(40)23(42)12-18/h4-9,12-15,17,27,30-35,37-43,45-48H,10-11,16H2,1-3H3. The van der Waals surface area contributed by atoms with Crippen LogP contribution in [0.4, 0.5) is 0 Å². The van der Waals surface area contributed by atoms with Crippen molar-refractivity contribution in [2.24, 2.45) is 0 Å². The van der Waals surface area contributed by atoms with E-state index in [1.807, 2.05) is 0 Å². The molecule has 2 fully saturated rings. The number of methoxy groups -OCH3 is 2. The molecule has 0 aliphatic carbocycles. The van der Waals surface area contributed by atoms with Gasteiger partial charge in [0.15, 0.2) is 59.3 Å². The number of carbonyl (C=O) groups is 2. The minimum absolute atomic E-state index is 0.105. The molecule has 19 heteroatoms. The second kappa shape index (κ2) is 18.7. The molecule has 5 rings (SSSR count). The van der Waals surface area contributed by atoms with Gasteiger partial charge in [0.25, 0.3) is 0 Å². The lowest BCUT2D eigenvalue weighted by molar-refractivity contribution is -0.357. The van der Waals surface area contributed by atoms with E-state index in [9.17, 15) is 55.5 Å². The number of ether oxygens (including phenoxy) is 8. The normalized spacial score (nSPS) is 27.5. The molecule has 10 unspecified atom stereocenters. The molecular formula is C38H44O19. The summed E-state index contributed by atoms with van der Waals surface area (Å²) in [7, 11) is 2.51. The van der Waals surface area contributed by atoms with Crippen LogP contribution in [0.25, 0.3) is 6.08 Å². The number of esters is 2. The smallest absolute Gasteiger partial charge is 0.338 e. The fourth-order valence-electron chi connectivity index (χ4n) is 6.11. The summed E-state index contributed by atoms with van der Waals surface area (Å²) in [5.41, 5.74) is 0.705. The topological polar surface area (TPSA) is 290 Å². The maximum Gasteiger partial charge on any atom is 0.338 e. The lowest BCUT2D eigenvalue weighted by Gasteiger charge is -2.46. The Morgan fingerprint density at radius 2 is 1.39 bits per heavy atom. The number of phenolic OH excluding ortho intramolecular Hbond substituents is 5. The average molecular weight is 805 g/mol. The quantitative estimate of drug-likeness (QED) is 0.0611. The minimum atomic E-state index is -1.95. The number of aromatic hydroxyl groups is 5. The van der Waals surface area contributed by atoms with Gasteiger partial charge in [0, 0.05) is 6.08 Å². The predicted octanol–water partition coefficient (Wildman–Crippen LogP) is 0.572. The maximum atomic E-state index is 13.2. The van der Waals surface area contributed by atoms with Crippen LogP contribution in [0.3, 0.4) is 0 Å². The van der Waals surface area contributed by atoms with Crippen LogP contribution in [0.5, 0.6) is 40.2 Å². The number of carbonyl (C=O) groups excluding carboxylic acids is 2. The SMILES string of the molecule is COc1cc(C(=O)OC2C(C)OC(OC3C(O)C(OCCc4ccc(O)c(O)c4)OC(CO)C3OC(=O)C=Cc3ccc(O)c(O)c3)C(O)C2O)cc(OC)c1O. The molecule has 3 aromatic rings. The van der Waals surface area contributed by atoms with Crippen molar-refractivity contribution in [3.63, 3.8) is 0 Å². The van der Waals surface area contributed by atoms with Crippen molar-refractivity contribution in [2.75, 3.05) is 27.4 Å². The van der Waals surface area contributed by atoms with E-state index in [2.05, 4.69) is 0 Å². The van der Waals surface area contributed by atoms with Gasteiger partial charge in [-0.25, -0.2) is 9.59 Å². The van der Waals surface area contributed by atoms with Gasteiger partial charge >= 0.3 is 11.9 Å². The van der Waals surface area contributed by atoms with Crippen molar-refractivity contribution < 1.29 is 93.4 Å². The van der Waals surface area contributed by atoms with Crippen LogP contribution in [0.1, 0.15) is 28.4 Å². The molecule has 57 heavy (non-hydrogen) atoms. The molecule has 0 spiro atoms. The van der Waals surface area contributed by atoms with Gasteiger partial charge in [-0.2, -0.15) is 0 Å². The number of hydrogen-bond acceptors (Lipinski definition) is 19. The summed E-state index contributed by atoms with van der Waals surface area (Å²) in [5.74, 6) is -4.15. The van der Waals surface area contributed by atoms with Crippen LogP contribution in [-0.4, -0.2) is 147 Å². The number of benzene rings is 3.